The molecule has 2 nitrogen and oxygen atoms in total. The van der Waals surface area contributed by atoms with Crippen LogP contribution in [0.25, 0.3) is 10.9 Å². The van der Waals surface area contributed by atoms with Crippen molar-refractivity contribution < 1.29 is 9.50 Å². The number of hydrogen-bond acceptors (Lipinski definition) is 2. The maximum absolute atomic E-state index is 13.0. The lowest BCUT2D eigenvalue weighted by atomic mass is 9.91. The first-order valence-electron chi connectivity index (χ1n) is 6.88. The predicted molar refractivity (Wildman–Crippen MR) is 81.4 cm³/mol. The largest absolute Gasteiger partial charge is 0.385 e. The Labute approximate surface area is 122 Å². The molecule has 2 aromatic carbocycles. The van der Waals surface area contributed by atoms with Gasteiger partial charge in [0.2, 0.25) is 0 Å². The van der Waals surface area contributed by atoms with Gasteiger partial charge in [0.05, 0.1) is 11.1 Å². The third kappa shape index (κ3) is 2.93. The normalized spacial score (nSPS) is 14.0. The number of nitrogens with zero attached hydrogens (tertiary/aromatic N) is 1. The van der Waals surface area contributed by atoms with Crippen molar-refractivity contribution in [2.75, 3.05) is 0 Å². The lowest BCUT2D eigenvalue weighted by Gasteiger charge is -2.23. The Balaban J connectivity index is 1.91. The van der Waals surface area contributed by atoms with Crippen LogP contribution in [0.5, 0.6) is 0 Å². The van der Waals surface area contributed by atoms with Crippen molar-refractivity contribution in [1.82, 2.24) is 4.98 Å². The van der Waals surface area contributed by atoms with Gasteiger partial charge in [0, 0.05) is 17.5 Å². The predicted octanol–water partition coefficient (Wildman–Crippen LogP) is 3.82. The molecular formula is C18H16FNO. The Morgan fingerprint density at radius 1 is 1.00 bits per heavy atom. The first-order chi connectivity index (χ1) is 10.0. The Bertz CT molecular complexity index is 766. The van der Waals surface area contributed by atoms with Crippen molar-refractivity contribution >= 4 is 10.9 Å². The maximum atomic E-state index is 13.0. The van der Waals surface area contributed by atoms with Gasteiger partial charge in [0.25, 0.3) is 0 Å². The quantitative estimate of drug-likeness (QED) is 0.791. The highest BCUT2D eigenvalue weighted by Gasteiger charge is 2.24. The zero-order valence-electron chi connectivity index (χ0n) is 11.8. The molecule has 3 aromatic rings. The molecule has 0 spiro atoms. The van der Waals surface area contributed by atoms with Gasteiger partial charge in [-0.15, -0.1) is 0 Å². The smallest absolute Gasteiger partial charge is 0.123 e. The van der Waals surface area contributed by atoms with Crippen LogP contribution >= 0.6 is 0 Å². The zero-order valence-corrected chi connectivity index (χ0v) is 11.8. The van der Waals surface area contributed by atoms with Crippen molar-refractivity contribution in [2.24, 2.45) is 0 Å². The number of para-hydroxylation sites is 1. The van der Waals surface area contributed by atoms with Crippen molar-refractivity contribution in [3.8, 4) is 0 Å². The van der Waals surface area contributed by atoms with E-state index in [1.54, 1.807) is 19.1 Å². The first kappa shape index (κ1) is 13.7. The Morgan fingerprint density at radius 2 is 1.71 bits per heavy atom. The fourth-order valence-electron chi connectivity index (χ4n) is 2.47. The lowest BCUT2D eigenvalue weighted by molar-refractivity contribution is 0.0566. The molecule has 3 heteroatoms. The first-order valence-corrected chi connectivity index (χ1v) is 6.88. The topological polar surface area (TPSA) is 33.1 Å². The summed E-state index contributed by atoms with van der Waals surface area (Å²) in [4.78, 5) is 4.57. The van der Waals surface area contributed by atoms with E-state index in [4.69, 9.17) is 0 Å². The van der Waals surface area contributed by atoms with Crippen LogP contribution in [0.15, 0.2) is 60.7 Å². The summed E-state index contributed by atoms with van der Waals surface area (Å²) in [5.74, 6) is -0.307. The summed E-state index contributed by atoms with van der Waals surface area (Å²) in [6.07, 6.45) is 0.378. The van der Waals surface area contributed by atoms with Crippen molar-refractivity contribution in [1.29, 1.82) is 0 Å². The molecule has 0 aliphatic heterocycles. The second-order valence-electron chi connectivity index (χ2n) is 5.45. The summed E-state index contributed by atoms with van der Waals surface area (Å²) < 4.78 is 13.0. The van der Waals surface area contributed by atoms with Gasteiger partial charge in [-0.25, -0.2) is 4.39 Å². The molecule has 0 aliphatic rings. The number of pyridine rings is 1. The summed E-state index contributed by atoms with van der Waals surface area (Å²) in [5.41, 5.74) is 1.31. The van der Waals surface area contributed by atoms with Gasteiger partial charge in [0.15, 0.2) is 0 Å². The van der Waals surface area contributed by atoms with Gasteiger partial charge < -0.3 is 5.11 Å². The van der Waals surface area contributed by atoms with E-state index in [0.29, 0.717) is 12.0 Å². The van der Waals surface area contributed by atoms with Gasteiger partial charge in [-0.3, -0.25) is 4.98 Å². The molecule has 106 valence electrons. The van der Waals surface area contributed by atoms with Crippen LogP contribution in [0.2, 0.25) is 0 Å². The van der Waals surface area contributed by atoms with Gasteiger partial charge in [-0.1, -0.05) is 36.4 Å². The molecule has 0 radical (unpaired) electrons. The van der Waals surface area contributed by atoms with E-state index in [9.17, 15) is 9.50 Å². The second kappa shape index (κ2) is 5.26. The summed E-state index contributed by atoms with van der Waals surface area (Å²) in [5, 5.41) is 11.7. The molecular weight excluding hydrogens is 265 g/mol. The highest BCUT2D eigenvalue weighted by molar-refractivity contribution is 5.78. The SMILES string of the molecule is CC(O)(Cc1ccc2ccccc2n1)c1ccc(F)cc1. The molecule has 1 unspecified atom stereocenters. The number of aliphatic hydroxyl groups is 1. The Hall–Kier alpha value is -2.26. The number of fused-ring (bicyclic) bond motifs is 1. The van der Waals surface area contributed by atoms with E-state index < -0.39 is 5.60 Å². The molecule has 1 aromatic heterocycles. The van der Waals surface area contributed by atoms with E-state index in [-0.39, 0.29) is 5.82 Å². The standard InChI is InChI=1S/C18H16FNO/c1-18(21,14-7-9-15(19)10-8-14)12-16-11-6-13-4-2-3-5-17(13)20-16/h2-11,21H,12H2,1H3. The maximum Gasteiger partial charge on any atom is 0.123 e. The van der Waals surface area contributed by atoms with Gasteiger partial charge in [-0.2, -0.15) is 0 Å². The van der Waals surface area contributed by atoms with Gasteiger partial charge in [0.1, 0.15) is 5.82 Å². The minimum absolute atomic E-state index is 0.307. The summed E-state index contributed by atoms with van der Waals surface area (Å²) >= 11 is 0. The third-order valence-electron chi connectivity index (χ3n) is 3.65. The molecule has 0 fully saturated rings. The number of benzene rings is 2. The summed E-state index contributed by atoms with van der Waals surface area (Å²) in [7, 11) is 0. The minimum Gasteiger partial charge on any atom is -0.385 e. The highest BCUT2D eigenvalue weighted by atomic mass is 19.1. The van der Waals surface area contributed by atoms with Crippen LogP contribution in [0.1, 0.15) is 18.2 Å². The van der Waals surface area contributed by atoms with Crippen molar-refractivity contribution in [3.63, 3.8) is 0 Å². The van der Waals surface area contributed by atoms with Crippen LogP contribution in [0, 0.1) is 5.82 Å². The number of aromatic nitrogens is 1. The van der Waals surface area contributed by atoms with Crippen LogP contribution in [-0.2, 0) is 12.0 Å². The van der Waals surface area contributed by atoms with Crippen LogP contribution in [0.3, 0.4) is 0 Å². The lowest BCUT2D eigenvalue weighted by Crippen LogP contribution is -2.24. The van der Waals surface area contributed by atoms with E-state index in [1.165, 1.54) is 12.1 Å². The minimum atomic E-state index is -1.08. The number of rotatable bonds is 3. The van der Waals surface area contributed by atoms with E-state index >= 15 is 0 Å². The monoisotopic (exact) mass is 281 g/mol. The summed E-state index contributed by atoms with van der Waals surface area (Å²) in [6.45, 7) is 1.72. The van der Waals surface area contributed by atoms with Gasteiger partial charge in [-0.05, 0) is 36.8 Å². The molecule has 21 heavy (non-hydrogen) atoms. The molecule has 1 heterocycles. The average molecular weight is 281 g/mol. The molecule has 1 N–H and O–H groups in total. The molecule has 0 aliphatic carbocycles. The third-order valence-corrected chi connectivity index (χ3v) is 3.65. The average Bonchev–Trinajstić information content (AvgIpc) is 2.47. The zero-order chi connectivity index (χ0) is 14.9. The van der Waals surface area contributed by atoms with Crippen molar-refractivity contribution in [2.45, 2.75) is 18.9 Å². The van der Waals surface area contributed by atoms with Crippen LogP contribution in [0.4, 0.5) is 4.39 Å². The molecule has 0 bridgehead atoms. The van der Waals surface area contributed by atoms with Crippen molar-refractivity contribution in [3.05, 3.63) is 77.7 Å². The van der Waals surface area contributed by atoms with E-state index in [1.807, 2.05) is 36.4 Å². The molecule has 1 atom stereocenters. The molecule has 0 saturated heterocycles. The highest BCUT2D eigenvalue weighted by Crippen LogP contribution is 2.25. The van der Waals surface area contributed by atoms with E-state index in [2.05, 4.69) is 4.98 Å². The summed E-state index contributed by atoms with van der Waals surface area (Å²) in [6, 6.07) is 17.7. The van der Waals surface area contributed by atoms with Crippen LogP contribution in [-0.4, -0.2) is 10.1 Å². The van der Waals surface area contributed by atoms with Gasteiger partial charge >= 0.3 is 0 Å². The Kier molecular flexibility index (Phi) is 3.43. The number of halogens is 1. The van der Waals surface area contributed by atoms with Crippen LogP contribution < -0.4 is 0 Å². The molecule has 3 rings (SSSR count). The number of hydrogen-bond donors (Lipinski definition) is 1. The molecule has 0 amide bonds. The fraction of sp³-hybridized carbons (Fsp3) is 0.167. The fourth-order valence-corrected chi connectivity index (χ4v) is 2.47. The second-order valence-corrected chi connectivity index (χ2v) is 5.45. The Morgan fingerprint density at radius 3 is 2.48 bits per heavy atom. The van der Waals surface area contributed by atoms with E-state index in [0.717, 1.165) is 16.6 Å². The molecule has 0 saturated carbocycles.